The number of aryl methyl sites for hydroxylation is 1. The minimum absolute atomic E-state index is 0.504. The maximum atomic E-state index is 5.55. The van der Waals surface area contributed by atoms with Crippen molar-refractivity contribution < 1.29 is 4.42 Å². The summed E-state index contributed by atoms with van der Waals surface area (Å²) in [5.74, 6) is 1.20. The van der Waals surface area contributed by atoms with Crippen LogP contribution in [-0.4, -0.2) is 18.6 Å². The van der Waals surface area contributed by atoms with Crippen LogP contribution in [0.15, 0.2) is 16.7 Å². The van der Waals surface area contributed by atoms with Gasteiger partial charge in [-0.25, -0.2) is 0 Å². The van der Waals surface area contributed by atoms with Crippen molar-refractivity contribution in [3.63, 3.8) is 0 Å². The third-order valence-corrected chi connectivity index (χ3v) is 4.34. The smallest absolute Gasteiger partial charge is 0.108 e. The maximum absolute atomic E-state index is 5.55. The van der Waals surface area contributed by atoms with Crippen molar-refractivity contribution in [1.29, 1.82) is 0 Å². The van der Waals surface area contributed by atoms with Gasteiger partial charge in [0.15, 0.2) is 0 Å². The molecular formula is C15H24N2O. The Bertz CT molecular complexity index is 382. The summed E-state index contributed by atoms with van der Waals surface area (Å²) < 4.78 is 5.55. The Morgan fingerprint density at radius 3 is 3.22 bits per heavy atom. The number of furan rings is 1. The largest absolute Gasteiger partial charge is 0.469 e. The summed E-state index contributed by atoms with van der Waals surface area (Å²) in [4.78, 5) is 0. The van der Waals surface area contributed by atoms with Gasteiger partial charge in [-0.2, -0.15) is 0 Å². The third kappa shape index (κ3) is 2.62. The number of hydrogen-bond acceptors (Lipinski definition) is 3. The molecule has 3 atom stereocenters. The van der Waals surface area contributed by atoms with E-state index in [4.69, 9.17) is 4.42 Å². The molecular weight excluding hydrogens is 224 g/mol. The average molecular weight is 248 g/mol. The third-order valence-electron chi connectivity index (χ3n) is 4.34. The Kier molecular flexibility index (Phi) is 3.71. The van der Waals surface area contributed by atoms with Gasteiger partial charge in [-0.3, -0.25) is 0 Å². The van der Waals surface area contributed by atoms with E-state index in [1.54, 1.807) is 0 Å². The quantitative estimate of drug-likeness (QED) is 0.860. The summed E-state index contributed by atoms with van der Waals surface area (Å²) in [5.41, 5.74) is 1.40. The van der Waals surface area contributed by atoms with Crippen molar-refractivity contribution in [1.82, 2.24) is 10.6 Å². The summed E-state index contributed by atoms with van der Waals surface area (Å²) in [5, 5.41) is 7.37. The molecule has 18 heavy (non-hydrogen) atoms. The van der Waals surface area contributed by atoms with Crippen LogP contribution in [0.1, 0.15) is 56.4 Å². The van der Waals surface area contributed by atoms with Crippen molar-refractivity contribution in [3.8, 4) is 0 Å². The number of hydrogen-bond donors (Lipinski definition) is 2. The lowest BCUT2D eigenvalue weighted by Crippen LogP contribution is -2.37. The van der Waals surface area contributed by atoms with E-state index in [0.717, 1.165) is 12.5 Å². The van der Waals surface area contributed by atoms with Crippen molar-refractivity contribution >= 4 is 0 Å². The first-order chi connectivity index (χ1) is 8.83. The van der Waals surface area contributed by atoms with Crippen LogP contribution in [0.4, 0.5) is 0 Å². The lowest BCUT2D eigenvalue weighted by atomic mass is 9.92. The second-order valence-electron chi connectivity index (χ2n) is 5.84. The molecule has 1 aromatic rings. The summed E-state index contributed by atoms with van der Waals surface area (Å²) in [6, 6.07) is 3.95. The maximum Gasteiger partial charge on any atom is 0.108 e. The Hall–Kier alpha value is -0.800. The lowest BCUT2D eigenvalue weighted by molar-refractivity contribution is 0.354. The standard InChI is InChI=1S/C15H24N2O/c1-11(10-12-4-3-8-16-12)17-14-5-2-6-15-13(14)7-9-18-15/h7,9,11-12,14,16-17H,2-6,8,10H2,1H3. The Balaban J connectivity index is 1.56. The van der Waals surface area contributed by atoms with Gasteiger partial charge < -0.3 is 15.1 Å². The molecule has 2 N–H and O–H groups in total. The minimum Gasteiger partial charge on any atom is -0.469 e. The first kappa shape index (κ1) is 12.2. The van der Waals surface area contributed by atoms with Crippen molar-refractivity contribution in [3.05, 3.63) is 23.7 Å². The number of rotatable bonds is 4. The molecule has 0 radical (unpaired) electrons. The van der Waals surface area contributed by atoms with Crippen LogP contribution in [0.2, 0.25) is 0 Å². The molecule has 0 saturated carbocycles. The van der Waals surface area contributed by atoms with Crippen LogP contribution in [0.5, 0.6) is 0 Å². The Labute approximate surface area is 109 Å². The first-order valence-corrected chi connectivity index (χ1v) is 7.38. The molecule has 3 nitrogen and oxygen atoms in total. The molecule has 1 fully saturated rings. The molecule has 0 bridgehead atoms. The van der Waals surface area contributed by atoms with Gasteiger partial charge in [0.1, 0.15) is 5.76 Å². The van der Waals surface area contributed by atoms with Gasteiger partial charge in [0, 0.05) is 30.1 Å². The van der Waals surface area contributed by atoms with Gasteiger partial charge in [0.05, 0.1) is 6.26 Å². The molecule has 1 saturated heterocycles. The summed E-state index contributed by atoms with van der Waals surface area (Å²) in [6.07, 6.45) is 9.36. The molecule has 2 aliphatic rings. The highest BCUT2D eigenvalue weighted by atomic mass is 16.3. The van der Waals surface area contributed by atoms with Crippen LogP contribution >= 0.6 is 0 Å². The highest BCUT2D eigenvalue weighted by Crippen LogP contribution is 2.31. The predicted molar refractivity (Wildman–Crippen MR) is 72.6 cm³/mol. The highest BCUT2D eigenvalue weighted by Gasteiger charge is 2.25. The molecule has 100 valence electrons. The van der Waals surface area contributed by atoms with Crippen LogP contribution in [-0.2, 0) is 6.42 Å². The molecule has 0 spiro atoms. The number of nitrogens with one attached hydrogen (secondary N) is 2. The van der Waals surface area contributed by atoms with Crippen molar-refractivity contribution in [2.45, 2.75) is 63.6 Å². The van der Waals surface area contributed by atoms with E-state index in [0.29, 0.717) is 12.1 Å². The molecule has 3 rings (SSSR count). The highest BCUT2D eigenvalue weighted by molar-refractivity contribution is 5.24. The summed E-state index contributed by atoms with van der Waals surface area (Å²) in [7, 11) is 0. The molecule has 0 aromatic carbocycles. The zero-order valence-corrected chi connectivity index (χ0v) is 11.2. The fourth-order valence-electron chi connectivity index (χ4n) is 3.46. The monoisotopic (exact) mass is 248 g/mol. The fraction of sp³-hybridized carbons (Fsp3) is 0.733. The Morgan fingerprint density at radius 1 is 1.44 bits per heavy atom. The molecule has 3 heteroatoms. The zero-order valence-electron chi connectivity index (χ0n) is 11.2. The predicted octanol–water partition coefficient (Wildman–Crippen LogP) is 2.78. The summed E-state index contributed by atoms with van der Waals surface area (Å²) >= 11 is 0. The van der Waals surface area contributed by atoms with Crippen LogP contribution in [0.25, 0.3) is 0 Å². The minimum atomic E-state index is 0.504. The molecule has 2 heterocycles. The molecule has 1 aromatic heterocycles. The molecule has 0 amide bonds. The van der Waals surface area contributed by atoms with Gasteiger partial charge in [-0.15, -0.1) is 0 Å². The van der Waals surface area contributed by atoms with Crippen LogP contribution < -0.4 is 10.6 Å². The van der Waals surface area contributed by atoms with E-state index in [1.165, 1.54) is 50.0 Å². The topological polar surface area (TPSA) is 37.2 Å². The van der Waals surface area contributed by atoms with E-state index in [2.05, 4.69) is 23.6 Å². The molecule has 3 unspecified atom stereocenters. The zero-order chi connectivity index (χ0) is 12.4. The molecule has 1 aliphatic heterocycles. The van der Waals surface area contributed by atoms with Gasteiger partial charge >= 0.3 is 0 Å². The van der Waals surface area contributed by atoms with E-state index in [-0.39, 0.29) is 0 Å². The SMILES string of the molecule is CC(CC1CCCN1)NC1CCCc2occc21. The van der Waals surface area contributed by atoms with Gasteiger partial charge in [-0.05, 0) is 51.6 Å². The molecule has 1 aliphatic carbocycles. The van der Waals surface area contributed by atoms with Crippen LogP contribution in [0, 0.1) is 0 Å². The average Bonchev–Trinajstić information content (AvgIpc) is 2.99. The summed E-state index contributed by atoms with van der Waals surface area (Å²) in [6.45, 7) is 3.51. The lowest BCUT2D eigenvalue weighted by Gasteiger charge is -2.27. The van der Waals surface area contributed by atoms with Gasteiger partial charge in [0.25, 0.3) is 0 Å². The second-order valence-corrected chi connectivity index (χ2v) is 5.84. The van der Waals surface area contributed by atoms with E-state index in [9.17, 15) is 0 Å². The fourth-order valence-corrected chi connectivity index (χ4v) is 3.46. The first-order valence-electron chi connectivity index (χ1n) is 7.38. The normalized spacial score (nSPS) is 29.2. The van der Waals surface area contributed by atoms with Crippen molar-refractivity contribution in [2.75, 3.05) is 6.54 Å². The van der Waals surface area contributed by atoms with E-state index < -0.39 is 0 Å². The van der Waals surface area contributed by atoms with Crippen molar-refractivity contribution in [2.24, 2.45) is 0 Å². The van der Waals surface area contributed by atoms with E-state index >= 15 is 0 Å². The van der Waals surface area contributed by atoms with Crippen LogP contribution in [0.3, 0.4) is 0 Å². The van der Waals surface area contributed by atoms with E-state index in [1.807, 2.05) is 6.26 Å². The Morgan fingerprint density at radius 2 is 2.39 bits per heavy atom. The van der Waals surface area contributed by atoms with Gasteiger partial charge in [0.2, 0.25) is 0 Å². The van der Waals surface area contributed by atoms with Gasteiger partial charge in [-0.1, -0.05) is 0 Å². The number of fused-ring (bicyclic) bond motifs is 1. The second kappa shape index (κ2) is 5.45.